The van der Waals surface area contributed by atoms with Gasteiger partial charge in [0.25, 0.3) is 5.91 Å². The molecular formula is C36H49ClN6O9S. The lowest BCUT2D eigenvalue weighted by molar-refractivity contribution is -0.143. The van der Waals surface area contributed by atoms with Gasteiger partial charge in [0.1, 0.15) is 35.6 Å². The summed E-state index contributed by atoms with van der Waals surface area (Å²) < 4.78 is 45.8. The van der Waals surface area contributed by atoms with Crippen LogP contribution in [0.5, 0.6) is 11.6 Å². The lowest BCUT2D eigenvalue weighted by atomic mass is 9.85. The molecule has 0 bridgehead atoms. The van der Waals surface area contributed by atoms with Crippen molar-refractivity contribution in [3.8, 4) is 11.6 Å². The largest absolute Gasteiger partial charge is 0.488 e. The maximum absolute atomic E-state index is 14.6. The minimum atomic E-state index is -4.18. The Morgan fingerprint density at radius 1 is 1.17 bits per heavy atom. The summed E-state index contributed by atoms with van der Waals surface area (Å²) in [4.78, 5) is 61.3. The number of carbonyl (C=O) groups excluding carboxylic acids is 4. The number of carbonyl (C=O) groups is 4. The molecule has 1 aliphatic heterocycles. The number of hydrogen-bond donors (Lipinski definition) is 3. The first kappa shape index (κ1) is 40.0. The molecule has 1 aromatic heterocycles. The molecule has 0 spiro atoms. The molecule has 1 aromatic carbocycles. The van der Waals surface area contributed by atoms with Crippen LogP contribution < -0.4 is 24.8 Å². The number of nitrogens with one attached hydrogen (secondary N) is 3. The van der Waals surface area contributed by atoms with Crippen molar-refractivity contribution in [2.24, 2.45) is 11.3 Å². The van der Waals surface area contributed by atoms with E-state index in [0.717, 1.165) is 30.0 Å². The molecule has 15 nitrogen and oxygen atoms in total. The summed E-state index contributed by atoms with van der Waals surface area (Å²) >= 11 is 6.49. The lowest BCUT2D eigenvalue weighted by Crippen LogP contribution is -2.60. The van der Waals surface area contributed by atoms with E-state index in [9.17, 15) is 27.6 Å². The molecule has 4 amide bonds. The highest BCUT2D eigenvalue weighted by Gasteiger charge is 2.61. The molecule has 0 unspecified atom stereocenters. The van der Waals surface area contributed by atoms with E-state index in [2.05, 4.69) is 22.2 Å². The summed E-state index contributed by atoms with van der Waals surface area (Å²) in [5.74, 6) is -2.13. The van der Waals surface area contributed by atoms with E-state index in [1.54, 1.807) is 45.0 Å². The second-order valence-corrected chi connectivity index (χ2v) is 17.3. The van der Waals surface area contributed by atoms with Gasteiger partial charge in [0, 0.05) is 37.9 Å². The fourth-order valence-electron chi connectivity index (χ4n) is 6.79. The predicted molar refractivity (Wildman–Crippen MR) is 197 cm³/mol. The molecule has 3 N–H and O–H groups in total. The molecule has 2 aliphatic carbocycles. The number of para-hydroxylation sites is 1. The lowest BCUT2D eigenvalue weighted by Gasteiger charge is -2.35. The van der Waals surface area contributed by atoms with Crippen LogP contribution in [0.3, 0.4) is 0 Å². The molecule has 17 heteroatoms. The molecular weight excluding hydrogens is 728 g/mol. The van der Waals surface area contributed by atoms with Crippen molar-refractivity contribution in [3.05, 3.63) is 41.9 Å². The van der Waals surface area contributed by atoms with Crippen molar-refractivity contribution >= 4 is 56.5 Å². The second-order valence-electron chi connectivity index (χ2n) is 15.0. The van der Waals surface area contributed by atoms with Crippen LogP contribution in [-0.4, -0.2) is 103 Å². The number of likely N-dealkylation sites (tertiary alicyclic amines) is 1. The first-order valence-corrected chi connectivity index (χ1v) is 19.6. The van der Waals surface area contributed by atoms with E-state index < -0.39 is 69.1 Å². The molecule has 2 saturated carbocycles. The van der Waals surface area contributed by atoms with Crippen LogP contribution in [0.15, 0.2) is 36.9 Å². The van der Waals surface area contributed by atoms with Gasteiger partial charge in [-0.2, -0.15) is 12.7 Å². The molecule has 290 valence electrons. The first-order chi connectivity index (χ1) is 24.9. The quantitative estimate of drug-likeness (QED) is 0.254. The third kappa shape index (κ3) is 8.81. The molecule has 2 aromatic rings. The minimum absolute atomic E-state index is 0.0121. The van der Waals surface area contributed by atoms with Crippen LogP contribution in [0.2, 0.25) is 5.02 Å². The summed E-state index contributed by atoms with van der Waals surface area (Å²) in [7, 11) is -1.65. The van der Waals surface area contributed by atoms with Crippen LogP contribution in [0.25, 0.3) is 10.9 Å². The Labute approximate surface area is 315 Å². The Hall–Kier alpha value is -4.15. The number of pyridine rings is 1. The molecule has 5 atom stereocenters. The summed E-state index contributed by atoms with van der Waals surface area (Å²) in [5, 5.41) is 6.47. The van der Waals surface area contributed by atoms with Gasteiger partial charge in [0.05, 0.1) is 23.7 Å². The summed E-state index contributed by atoms with van der Waals surface area (Å²) in [5.41, 5.74) is -1.99. The van der Waals surface area contributed by atoms with E-state index in [-0.39, 0.29) is 31.4 Å². The normalized spacial score (nSPS) is 23.7. The van der Waals surface area contributed by atoms with Crippen LogP contribution in [0.4, 0.5) is 4.79 Å². The number of ether oxygens (including phenoxy) is 3. The average Bonchev–Trinajstić information content (AvgIpc) is 3.35. The highest BCUT2D eigenvalue weighted by molar-refractivity contribution is 7.87. The minimum Gasteiger partial charge on any atom is -0.488 e. The van der Waals surface area contributed by atoms with Crippen LogP contribution in [0, 0.1) is 11.3 Å². The fraction of sp³-hybridized carbons (Fsp3) is 0.583. The predicted octanol–water partition coefficient (Wildman–Crippen LogP) is 3.70. The van der Waals surface area contributed by atoms with Gasteiger partial charge in [-0.25, -0.2) is 14.5 Å². The number of halogens is 1. The van der Waals surface area contributed by atoms with Crippen LogP contribution >= 0.6 is 11.6 Å². The maximum atomic E-state index is 14.6. The standard InChI is InChI=1S/C36H49ClN6O9S/c1-8-21-19-36(21,33(46)41-53(48,49)42(6)7)40-31(44)26-17-23(51-27-18-28(50-9-2)38-29-24(27)15-12-16-25(29)37)20-43(26)32(45)30(35(3,4)5)39-34(47)52-22-13-10-11-14-22/h8,12,15-16,18,21-23,26,30H,1,9-11,13-14,17,19-20H2,2-7H3,(H,39,47)(H,40,44)(H,41,46)/t21-,23-,26+,30-,36-/m1/s1. The highest BCUT2D eigenvalue weighted by atomic mass is 35.5. The SMILES string of the molecule is C=C[C@@H]1C[C@]1(NC(=O)[C@@H]1C[C@@H](Oc2cc(OCC)nc3c(Cl)cccc23)CN1C(=O)[C@@H](NC(=O)OC1CCCC1)C(C)(C)C)C(=O)NS(=O)(=O)N(C)C. The zero-order chi connectivity index (χ0) is 38.9. The second kappa shape index (κ2) is 15.7. The van der Waals surface area contributed by atoms with Gasteiger partial charge in [-0.3, -0.25) is 14.4 Å². The molecule has 5 rings (SSSR count). The number of alkyl carbamates (subject to hydrolysis) is 1. The van der Waals surface area contributed by atoms with Crippen LogP contribution in [0.1, 0.15) is 66.2 Å². The van der Waals surface area contributed by atoms with E-state index in [4.69, 9.17) is 25.8 Å². The number of fused-ring (bicyclic) bond motifs is 1. The number of amides is 4. The van der Waals surface area contributed by atoms with Gasteiger partial charge in [0.2, 0.25) is 17.7 Å². The smallest absolute Gasteiger partial charge is 0.408 e. The van der Waals surface area contributed by atoms with Crippen molar-refractivity contribution in [2.45, 2.75) is 96.1 Å². The molecule has 1 saturated heterocycles. The van der Waals surface area contributed by atoms with Gasteiger partial charge in [-0.1, -0.05) is 44.5 Å². The van der Waals surface area contributed by atoms with Crippen molar-refractivity contribution in [3.63, 3.8) is 0 Å². The third-order valence-electron chi connectivity index (χ3n) is 9.87. The number of benzene rings is 1. The Kier molecular flexibility index (Phi) is 11.8. The number of nitrogens with zero attached hydrogens (tertiary/aromatic N) is 3. The molecule has 2 heterocycles. The number of aromatic nitrogens is 1. The van der Waals surface area contributed by atoms with Gasteiger partial charge in [-0.15, -0.1) is 6.58 Å². The maximum Gasteiger partial charge on any atom is 0.408 e. The fourth-order valence-corrected chi connectivity index (χ4v) is 7.61. The number of hydrogen-bond acceptors (Lipinski definition) is 10. The zero-order valence-corrected chi connectivity index (χ0v) is 32.5. The van der Waals surface area contributed by atoms with Crippen LogP contribution in [-0.2, 0) is 29.3 Å². The molecule has 0 radical (unpaired) electrons. The third-order valence-corrected chi connectivity index (χ3v) is 11.6. The van der Waals surface area contributed by atoms with Gasteiger partial charge in [-0.05, 0) is 56.6 Å². The van der Waals surface area contributed by atoms with Crippen molar-refractivity contribution < 1.29 is 41.8 Å². The first-order valence-electron chi connectivity index (χ1n) is 17.8. The van der Waals surface area contributed by atoms with E-state index in [1.807, 2.05) is 11.6 Å². The highest BCUT2D eigenvalue weighted by Crippen LogP contribution is 2.45. The Balaban J connectivity index is 1.47. The van der Waals surface area contributed by atoms with Gasteiger partial charge in [0.15, 0.2) is 0 Å². The molecule has 53 heavy (non-hydrogen) atoms. The number of rotatable bonds is 13. The van der Waals surface area contributed by atoms with Crippen molar-refractivity contribution in [1.82, 2.24) is 29.5 Å². The van der Waals surface area contributed by atoms with Gasteiger partial charge >= 0.3 is 16.3 Å². The van der Waals surface area contributed by atoms with E-state index in [1.165, 1.54) is 25.1 Å². The Morgan fingerprint density at radius 2 is 1.87 bits per heavy atom. The monoisotopic (exact) mass is 776 g/mol. The van der Waals surface area contributed by atoms with E-state index >= 15 is 0 Å². The van der Waals surface area contributed by atoms with Gasteiger partial charge < -0.3 is 29.7 Å². The van der Waals surface area contributed by atoms with Crippen molar-refractivity contribution in [2.75, 3.05) is 27.2 Å². The summed E-state index contributed by atoms with van der Waals surface area (Å²) in [6.45, 7) is 11.2. The topological polar surface area (TPSA) is 186 Å². The zero-order valence-electron chi connectivity index (χ0n) is 30.9. The van der Waals surface area contributed by atoms with Crippen molar-refractivity contribution in [1.29, 1.82) is 0 Å². The summed E-state index contributed by atoms with van der Waals surface area (Å²) in [6.07, 6.45) is 3.21. The Bertz CT molecular complexity index is 1860. The Morgan fingerprint density at radius 3 is 2.47 bits per heavy atom. The average molecular weight is 777 g/mol. The van der Waals surface area contributed by atoms with E-state index in [0.29, 0.717) is 28.3 Å². The molecule has 3 aliphatic rings. The summed E-state index contributed by atoms with van der Waals surface area (Å²) in [6, 6.07) is 4.53. The molecule has 3 fully saturated rings.